The van der Waals surface area contributed by atoms with Crippen molar-refractivity contribution >= 4 is 29.1 Å². The van der Waals surface area contributed by atoms with Crippen LogP contribution in [0.25, 0.3) is 0 Å². The van der Waals surface area contributed by atoms with Crippen molar-refractivity contribution in [2.75, 3.05) is 30.4 Å². The van der Waals surface area contributed by atoms with Crippen molar-refractivity contribution in [1.82, 2.24) is 15.3 Å². The summed E-state index contributed by atoms with van der Waals surface area (Å²) in [5.74, 6) is 2.30. The summed E-state index contributed by atoms with van der Waals surface area (Å²) >= 11 is 5.33. The van der Waals surface area contributed by atoms with Gasteiger partial charge >= 0.3 is 0 Å². The third-order valence-electron chi connectivity index (χ3n) is 4.25. The Morgan fingerprint density at radius 2 is 2.04 bits per heavy atom. The lowest BCUT2D eigenvalue weighted by Crippen LogP contribution is -2.33. The highest BCUT2D eigenvalue weighted by Gasteiger charge is 2.19. The minimum Gasteiger partial charge on any atom is -0.481 e. The first-order chi connectivity index (χ1) is 12.5. The lowest BCUT2D eigenvalue weighted by atomic mass is 10.00. The van der Waals surface area contributed by atoms with Crippen molar-refractivity contribution in [2.24, 2.45) is 5.92 Å². The number of nitrogens with one attached hydrogen (secondary N) is 2. The van der Waals surface area contributed by atoms with Gasteiger partial charge in [0.2, 0.25) is 11.8 Å². The SMILES string of the molecule is COc1cc(N2CCc3ccccc3C2)nc(NC(=S)NCC(C)C)n1. The van der Waals surface area contributed by atoms with Crippen LogP contribution in [0.4, 0.5) is 11.8 Å². The third kappa shape index (κ3) is 4.60. The van der Waals surface area contributed by atoms with E-state index in [0.717, 1.165) is 31.9 Å². The van der Waals surface area contributed by atoms with Crippen LogP contribution in [0.1, 0.15) is 25.0 Å². The second-order valence-corrected chi connectivity index (χ2v) is 7.17. The van der Waals surface area contributed by atoms with E-state index >= 15 is 0 Å². The Balaban J connectivity index is 1.76. The molecule has 1 aromatic carbocycles. The number of aromatic nitrogens is 2. The number of benzene rings is 1. The predicted molar refractivity (Wildman–Crippen MR) is 109 cm³/mol. The summed E-state index contributed by atoms with van der Waals surface area (Å²) in [4.78, 5) is 11.2. The molecular weight excluding hydrogens is 346 g/mol. The Morgan fingerprint density at radius 1 is 1.27 bits per heavy atom. The third-order valence-corrected chi connectivity index (χ3v) is 4.50. The van der Waals surface area contributed by atoms with Gasteiger partial charge in [0.1, 0.15) is 5.82 Å². The largest absolute Gasteiger partial charge is 0.481 e. The van der Waals surface area contributed by atoms with E-state index < -0.39 is 0 Å². The van der Waals surface area contributed by atoms with E-state index in [-0.39, 0.29) is 0 Å². The molecule has 1 aliphatic rings. The van der Waals surface area contributed by atoms with Crippen LogP contribution in [0.3, 0.4) is 0 Å². The zero-order valence-corrected chi connectivity index (χ0v) is 16.3. The number of hydrogen-bond donors (Lipinski definition) is 2. The molecule has 0 amide bonds. The first-order valence-electron chi connectivity index (χ1n) is 8.85. The number of thiocarbonyl (C=S) groups is 1. The molecule has 0 atom stereocenters. The summed E-state index contributed by atoms with van der Waals surface area (Å²) < 4.78 is 5.35. The van der Waals surface area contributed by atoms with Gasteiger partial charge in [-0.05, 0) is 35.7 Å². The molecule has 138 valence electrons. The van der Waals surface area contributed by atoms with Gasteiger partial charge in [0.05, 0.1) is 7.11 Å². The Hall–Kier alpha value is -2.41. The van der Waals surface area contributed by atoms with E-state index in [9.17, 15) is 0 Å². The average Bonchev–Trinajstić information content (AvgIpc) is 2.65. The first kappa shape index (κ1) is 18.4. The summed E-state index contributed by atoms with van der Waals surface area (Å²) in [6.07, 6.45) is 1.000. The maximum absolute atomic E-state index is 5.35. The van der Waals surface area contributed by atoms with Crippen molar-refractivity contribution in [3.63, 3.8) is 0 Å². The monoisotopic (exact) mass is 371 g/mol. The number of ether oxygens (including phenoxy) is 1. The molecule has 0 bridgehead atoms. The summed E-state index contributed by atoms with van der Waals surface area (Å²) in [6.45, 7) is 6.79. The predicted octanol–water partition coefficient (Wildman–Crippen LogP) is 2.99. The van der Waals surface area contributed by atoms with Gasteiger partial charge in [-0.15, -0.1) is 0 Å². The highest BCUT2D eigenvalue weighted by atomic mass is 32.1. The van der Waals surface area contributed by atoms with Gasteiger partial charge in [-0.3, -0.25) is 0 Å². The van der Waals surface area contributed by atoms with Gasteiger partial charge in [0.25, 0.3) is 0 Å². The van der Waals surface area contributed by atoms with Crippen LogP contribution in [-0.2, 0) is 13.0 Å². The minimum absolute atomic E-state index is 0.444. The van der Waals surface area contributed by atoms with E-state index in [1.807, 2.05) is 6.07 Å². The molecule has 2 N–H and O–H groups in total. The molecule has 1 aromatic heterocycles. The number of methoxy groups -OCH3 is 1. The number of fused-ring (bicyclic) bond motifs is 1. The van der Waals surface area contributed by atoms with Crippen LogP contribution in [0, 0.1) is 5.92 Å². The van der Waals surface area contributed by atoms with Crippen molar-refractivity contribution in [2.45, 2.75) is 26.8 Å². The molecule has 0 saturated carbocycles. The Labute approximate surface area is 160 Å². The van der Waals surface area contributed by atoms with E-state index in [2.05, 4.69) is 63.6 Å². The fourth-order valence-corrected chi connectivity index (χ4v) is 3.04. The minimum atomic E-state index is 0.444. The van der Waals surface area contributed by atoms with Crippen LogP contribution in [-0.4, -0.2) is 35.3 Å². The van der Waals surface area contributed by atoms with Crippen molar-refractivity contribution in [3.8, 4) is 5.88 Å². The molecule has 0 saturated heterocycles. The van der Waals surface area contributed by atoms with Crippen LogP contribution >= 0.6 is 12.2 Å². The van der Waals surface area contributed by atoms with Crippen LogP contribution in [0.5, 0.6) is 5.88 Å². The van der Waals surface area contributed by atoms with Crippen LogP contribution in [0.2, 0.25) is 0 Å². The zero-order chi connectivity index (χ0) is 18.5. The molecule has 0 aliphatic carbocycles. The van der Waals surface area contributed by atoms with E-state index in [0.29, 0.717) is 22.9 Å². The number of nitrogens with zero attached hydrogens (tertiary/aromatic N) is 3. The smallest absolute Gasteiger partial charge is 0.234 e. The normalized spacial score (nSPS) is 13.3. The maximum Gasteiger partial charge on any atom is 0.234 e. The summed E-state index contributed by atoms with van der Waals surface area (Å²) in [5, 5.41) is 6.74. The zero-order valence-electron chi connectivity index (χ0n) is 15.5. The van der Waals surface area contributed by atoms with Crippen molar-refractivity contribution < 1.29 is 4.74 Å². The van der Waals surface area contributed by atoms with Gasteiger partial charge in [-0.2, -0.15) is 9.97 Å². The summed E-state index contributed by atoms with van der Waals surface area (Å²) in [5.41, 5.74) is 2.74. The second-order valence-electron chi connectivity index (χ2n) is 6.76. The Morgan fingerprint density at radius 3 is 2.77 bits per heavy atom. The number of rotatable bonds is 5. The Kier molecular flexibility index (Phi) is 5.88. The summed E-state index contributed by atoms with van der Waals surface area (Å²) in [7, 11) is 1.61. The fourth-order valence-electron chi connectivity index (χ4n) is 2.87. The van der Waals surface area contributed by atoms with Gasteiger partial charge in [0, 0.05) is 25.7 Å². The molecule has 2 aromatic rings. The van der Waals surface area contributed by atoms with E-state index in [1.165, 1.54) is 11.1 Å². The molecule has 0 unspecified atom stereocenters. The Bertz CT molecular complexity index is 780. The topological polar surface area (TPSA) is 62.3 Å². The molecule has 7 heteroatoms. The first-order valence-corrected chi connectivity index (χ1v) is 9.25. The molecule has 0 radical (unpaired) electrons. The van der Waals surface area contributed by atoms with Crippen LogP contribution in [0.15, 0.2) is 30.3 Å². The molecule has 0 spiro atoms. The van der Waals surface area contributed by atoms with Gasteiger partial charge in [0.15, 0.2) is 5.11 Å². The second kappa shape index (κ2) is 8.31. The van der Waals surface area contributed by atoms with E-state index in [4.69, 9.17) is 17.0 Å². The standard InChI is InChI=1S/C19H25N5OS/c1-13(2)11-20-19(26)23-18-21-16(10-17(22-18)25-3)24-9-8-14-6-4-5-7-15(14)12-24/h4-7,10,13H,8-9,11-12H2,1-3H3,(H2,20,21,22,23,26). The summed E-state index contributed by atoms with van der Waals surface area (Å²) in [6, 6.07) is 10.4. The van der Waals surface area contributed by atoms with Crippen molar-refractivity contribution in [3.05, 3.63) is 41.5 Å². The lowest BCUT2D eigenvalue weighted by molar-refractivity contribution is 0.397. The number of hydrogen-bond acceptors (Lipinski definition) is 5. The quantitative estimate of drug-likeness (QED) is 0.784. The van der Waals surface area contributed by atoms with Gasteiger partial charge in [-0.1, -0.05) is 38.1 Å². The molecule has 2 heterocycles. The molecule has 0 fully saturated rings. The molecule has 1 aliphatic heterocycles. The maximum atomic E-state index is 5.35. The highest BCUT2D eigenvalue weighted by molar-refractivity contribution is 7.80. The fraction of sp³-hybridized carbons (Fsp3) is 0.421. The number of anilines is 2. The molecule has 6 nitrogen and oxygen atoms in total. The van der Waals surface area contributed by atoms with Gasteiger partial charge < -0.3 is 20.3 Å². The van der Waals surface area contributed by atoms with Crippen LogP contribution < -0.4 is 20.3 Å². The average molecular weight is 372 g/mol. The van der Waals surface area contributed by atoms with E-state index in [1.54, 1.807) is 7.11 Å². The molecule has 26 heavy (non-hydrogen) atoms. The highest BCUT2D eigenvalue weighted by Crippen LogP contribution is 2.26. The lowest BCUT2D eigenvalue weighted by Gasteiger charge is -2.30. The molecular formula is C19H25N5OS. The molecule has 3 rings (SSSR count). The van der Waals surface area contributed by atoms with Crippen molar-refractivity contribution in [1.29, 1.82) is 0 Å². The van der Waals surface area contributed by atoms with Gasteiger partial charge in [-0.25, -0.2) is 0 Å².